The van der Waals surface area contributed by atoms with E-state index < -0.39 is 18.0 Å². The molecule has 1 N–H and O–H groups in total. The first-order chi connectivity index (χ1) is 14.4. The number of hydrogen-bond acceptors (Lipinski definition) is 6. The summed E-state index contributed by atoms with van der Waals surface area (Å²) in [5, 5.41) is 2.60. The SMILES string of the molecule is COCCNC(=O)[C@H](C)OC(=O)c1cccc(CN2C(=O)c3ccccc3C2=O)c1. The quantitative estimate of drug-likeness (QED) is 0.404. The smallest absolute Gasteiger partial charge is 0.338 e. The molecule has 1 aliphatic heterocycles. The van der Waals surface area contributed by atoms with Crippen LogP contribution >= 0.6 is 0 Å². The summed E-state index contributed by atoms with van der Waals surface area (Å²) in [6.07, 6.45) is -0.978. The van der Waals surface area contributed by atoms with Gasteiger partial charge in [0.05, 0.1) is 29.8 Å². The van der Waals surface area contributed by atoms with Crippen molar-refractivity contribution in [2.24, 2.45) is 0 Å². The number of amides is 3. The lowest BCUT2D eigenvalue weighted by molar-refractivity contribution is -0.129. The van der Waals surface area contributed by atoms with Crippen LogP contribution in [0.4, 0.5) is 0 Å². The molecule has 0 unspecified atom stereocenters. The third-order valence-corrected chi connectivity index (χ3v) is 4.64. The minimum absolute atomic E-state index is 0.0283. The largest absolute Gasteiger partial charge is 0.449 e. The highest BCUT2D eigenvalue weighted by Crippen LogP contribution is 2.24. The van der Waals surface area contributed by atoms with E-state index >= 15 is 0 Å². The number of nitrogens with one attached hydrogen (secondary N) is 1. The molecule has 1 aliphatic rings. The molecule has 8 heteroatoms. The van der Waals surface area contributed by atoms with E-state index in [4.69, 9.17) is 9.47 Å². The Labute approximate surface area is 173 Å². The van der Waals surface area contributed by atoms with Crippen molar-refractivity contribution < 1.29 is 28.7 Å². The van der Waals surface area contributed by atoms with Crippen LogP contribution in [0, 0.1) is 0 Å². The van der Waals surface area contributed by atoms with Gasteiger partial charge in [0.15, 0.2) is 6.10 Å². The molecular weight excluding hydrogens is 388 g/mol. The van der Waals surface area contributed by atoms with Gasteiger partial charge < -0.3 is 14.8 Å². The zero-order valence-electron chi connectivity index (χ0n) is 16.7. The highest BCUT2D eigenvalue weighted by atomic mass is 16.5. The molecule has 156 valence electrons. The summed E-state index contributed by atoms with van der Waals surface area (Å²) >= 11 is 0. The van der Waals surface area contributed by atoms with E-state index in [9.17, 15) is 19.2 Å². The normalized spacial score (nSPS) is 13.7. The summed E-state index contributed by atoms with van der Waals surface area (Å²) < 4.78 is 10.1. The van der Waals surface area contributed by atoms with Gasteiger partial charge >= 0.3 is 5.97 Å². The summed E-state index contributed by atoms with van der Waals surface area (Å²) in [6, 6.07) is 13.1. The molecule has 30 heavy (non-hydrogen) atoms. The molecule has 1 atom stereocenters. The Morgan fingerprint density at radius 1 is 1.03 bits per heavy atom. The predicted molar refractivity (Wildman–Crippen MR) is 107 cm³/mol. The molecular formula is C22H22N2O6. The number of methoxy groups -OCH3 is 1. The van der Waals surface area contributed by atoms with E-state index in [-0.39, 0.29) is 23.9 Å². The van der Waals surface area contributed by atoms with E-state index in [2.05, 4.69) is 5.32 Å². The van der Waals surface area contributed by atoms with E-state index in [0.29, 0.717) is 29.8 Å². The Kier molecular flexibility index (Phi) is 6.58. The first-order valence-electron chi connectivity index (χ1n) is 9.44. The maximum Gasteiger partial charge on any atom is 0.338 e. The van der Waals surface area contributed by atoms with Gasteiger partial charge in [-0.2, -0.15) is 0 Å². The van der Waals surface area contributed by atoms with Crippen LogP contribution in [0.1, 0.15) is 43.6 Å². The molecule has 0 fully saturated rings. The second-order valence-corrected chi connectivity index (χ2v) is 6.77. The fourth-order valence-electron chi connectivity index (χ4n) is 3.06. The highest BCUT2D eigenvalue weighted by molar-refractivity contribution is 6.21. The van der Waals surface area contributed by atoms with Crippen LogP contribution in [0.3, 0.4) is 0 Å². The predicted octanol–water partition coefficient (Wildman–Crippen LogP) is 1.79. The van der Waals surface area contributed by atoms with Gasteiger partial charge in [-0.25, -0.2) is 4.79 Å². The minimum atomic E-state index is -0.978. The highest BCUT2D eigenvalue weighted by Gasteiger charge is 2.35. The summed E-state index contributed by atoms with van der Waals surface area (Å²) in [5.74, 6) is -1.84. The Bertz CT molecular complexity index is 952. The van der Waals surface area contributed by atoms with Crippen LogP contribution in [0.25, 0.3) is 0 Å². The van der Waals surface area contributed by atoms with Gasteiger partial charge in [0, 0.05) is 13.7 Å². The first kappa shape index (κ1) is 21.2. The third kappa shape index (κ3) is 4.55. The van der Waals surface area contributed by atoms with Gasteiger partial charge in [-0.05, 0) is 36.8 Å². The van der Waals surface area contributed by atoms with Crippen molar-refractivity contribution in [2.75, 3.05) is 20.3 Å². The monoisotopic (exact) mass is 410 g/mol. The summed E-state index contributed by atoms with van der Waals surface area (Å²) in [5.41, 5.74) is 1.55. The van der Waals surface area contributed by atoms with Crippen molar-refractivity contribution in [3.63, 3.8) is 0 Å². The van der Waals surface area contributed by atoms with Crippen LogP contribution in [0.2, 0.25) is 0 Å². The lowest BCUT2D eigenvalue weighted by Gasteiger charge is -2.15. The van der Waals surface area contributed by atoms with Crippen molar-refractivity contribution >= 4 is 23.7 Å². The number of rotatable bonds is 8. The second kappa shape index (κ2) is 9.32. The molecule has 1 heterocycles. The number of benzene rings is 2. The molecule has 0 aliphatic carbocycles. The fraction of sp³-hybridized carbons (Fsp3) is 0.273. The van der Waals surface area contributed by atoms with Gasteiger partial charge in [-0.3, -0.25) is 19.3 Å². The zero-order valence-corrected chi connectivity index (χ0v) is 16.7. The summed E-state index contributed by atoms with van der Waals surface area (Å²) in [6.45, 7) is 2.17. The number of imide groups is 1. The Morgan fingerprint density at radius 3 is 2.33 bits per heavy atom. The molecule has 3 amide bonds. The topological polar surface area (TPSA) is 102 Å². The number of esters is 1. The number of ether oxygens (including phenoxy) is 2. The van der Waals surface area contributed by atoms with Crippen molar-refractivity contribution in [2.45, 2.75) is 19.6 Å². The Morgan fingerprint density at radius 2 is 1.70 bits per heavy atom. The molecule has 2 aromatic carbocycles. The Hall–Kier alpha value is -3.52. The third-order valence-electron chi connectivity index (χ3n) is 4.64. The maximum atomic E-state index is 12.5. The standard InChI is InChI=1S/C22H22N2O6/c1-14(19(25)23-10-11-29-2)30-22(28)16-7-5-6-15(12-16)13-24-20(26)17-8-3-4-9-18(17)21(24)27/h3-9,12,14H,10-11,13H2,1-2H3,(H,23,25)/t14-/m0/s1. The number of nitrogens with zero attached hydrogens (tertiary/aromatic N) is 1. The second-order valence-electron chi connectivity index (χ2n) is 6.77. The lowest BCUT2D eigenvalue weighted by atomic mass is 10.1. The average molecular weight is 410 g/mol. The maximum absolute atomic E-state index is 12.5. The fourth-order valence-corrected chi connectivity index (χ4v) is 3.06. The first-order valence-corrected chi connectivity index (χ1v) is 9.44. The van der Waals surface area contributed by atoms with Crippen LogP contribution < -0.4 is 5.32 Å². The number of hydrogen-bond donors (Lipinski definition) is 1. The molecule has 0 aromatic heterocycles. The van der Waals surface area contributed by atoms with E-state index in [0.717, 1.165) is 4.90 Å². The number of carbonyl (C=O) groups is 4. The van der Waals surface area contributed by atoms with Gasteiger partial charge in [-0.1, -0.05) is 24.3 Å². The van der Waals surface area contributed by atoms with Crippen molar-refractivity contribution in [1.29, 1.82) is 0 Å². The zero-order chi connectivity index (χ0) is 21.7. The molecule has 2 aromatic rings. The van der Waals surface area contributed by atoms with Gasteiger partial charge in [0.25, 0.3) is 17.7 Å². The molecule has 0 saturated carbocycles. The molecule has 0 radical (unpaired) electrons. The van der Waals surface area contributed by atoms with Crippen LogP contribution in [0.15, 0.2) is 48.5 Å². The van der Waals surface area contributed by atoms with E-state index in [1.807, 2.05) is 0 Å². The van der Waals surface area contributed by atoms with Crippen LogP contribution in [-0.2, 0) is 20.8 Å². The molecule has 0 bridgehead atoms. The number of fused-ring (bicyclic) bond motifs is 1. The Balaban J connectivity index is 1.65. The van der Waals surface area contributed by atoms with Crippen LogP contribution in [0.5, 0.6) is 0 Å². The number of carbonyl (C=O) groups excluding carboxylic acids is 4. The van der Waals surface area contributed by atoms with Crippen molar-refractivity contribution in [3.05, 3.63) is 70.8 Å². The molecule has 8 nitrogen and oxygen atoms in total. The average Bonchev–Trinajstić information content (AvgIpc) is 2.99. The summed E-state index contributed by atoms with van der Waals surface area (Å²) in [7, 11) is 1.52. The minimum Gasteiger partial charge on any atom is -0.449 e. The van der Waals surface area contributed by atoms with Crippen LogP contribution in [-0.4, -0.2) is 55.0 Å². The van der Waals surface area contributed by atoms with Gasteiger partial charge in [0.2, 0.25) is 0 Å². The van der Waals surface area contributed by atoms with E-state index in [1.54, 1.807) is 48.5 Å². The van der Waals surface area contributed by atoms with E-state index in [1.165, 1.54) is 14.0 Å². The molecule has 0 spiro atoms. The lowest BCUT2D eigenvalue weighted by Crippen LogP contribution is -2.37. The molecule has 3 rings (SSSR count). The van der Waals surface area contributed by atoms with Crippen molar-refractivity contribution in [3.8, 4) is 0 Å². The van der Waals surface area contributed by atoms with Gasteiger partial charge in [0.1, 0.15) is 0 Å². The van der Waals surface area contributed by atoms with Gasteiger partial charge in [-0.15, -0.1) is 0 Å². The summed E-state index contributed by atoms with van der Waals surface area (Å²) in [4.78, 5) is 50.5. The molecule has 0 saturated heterocycles. The van der Waals surface area contributed by atoms with Crippen molar-refractivity contribution in [1.82, 2.24) is 10.2 Å².